The molecule has 0 saturated heterocycles. The molecule has 0 aromatic rings. The van der Waals surface area contributed by atoms with Crippen molar-refractivity contribution in [3.8, 4) is 0 Å². The largest absolute Gasteiger partial charge is 0.246 e. The minimum atomic E-state index is -0.462. The minimum absolute atomic E-state index is 0.462. The van der Waals surface area contributed by atoms with Crippen molar-refractivity contribution in [3.05, 3.63) is 12.2 Å². The van der Waals surface area contributed by atoms with Crippen LogP contribution in [0.4, 0.5) is 4.39 Å². The maximum absolute atomic E-state index is 10.9. The molecule has 5 heavy (non-hydrogen) atoms. The molecule has 0 unspecified atom stereocenters. The van der Waals surface area contributed by atoms with Gasteiger partial charge in [0.2, 0.25) is 0 Å². The van der Waals surface area contributed by atoms with Crippen LogP contribution in [0.25, 0.3) is 0 Å². The van der Waals surface area contributed by atoms with Crippen LogP contribution in [0.1, 0.15) is 6.92 Å². The van der Waals surface area contributed by atoms with E-state index >= 15 is 0 Å². The van der Waals surface area contributed by atoms with Crippen molar-refractivity contribution < 1.29 is 4.39 Å². The molecule has 0 rings (SSSR count). The summed E-state index contributed by atoms with van der Waals surface area (Å²) in [5.74, 6) is 0. The van der Waals surface area contributed by atoms with Crippen LogP contribution in [-0.2, 0) is 0 Å². The lowest BCUT2D eigenvalue weighted by Gasteiger charge is -1.60. The van der Waals surface area contributed by atoms with E-state index in [2.05, 4.69) is 6.08 Å². The molecule has 1 heteroatoms. The fourth-order valence-electron chi connectivity index (χ4n) is 0.0772. The van der Waals surface area contributed by atoms with Crippen molar-refractivity contribution in [1.82, 2.24) is 0 Å². The predicted molar refractivity (Wildman–Crippen MR) is 19.5 cm³/mol. The Morgan fingerprint density at radius 1 is 2.00 bits per heavy atom. The molecular weight excluding hydrogens is 67.0 g/mol. The highest BCUT2D eigenvalue weighted by molar-refractivity contribution is 4.64. The minimum Gasteiger partial charge on any atom is -0.246 e. The van der Waals surface area contributed by atoms with Crippen LogP contribution < -0.4 is 0 Å². The number of rotatable bonds is 1. The van der Waals surface area contributed by atoms with Crippen molar-refractivity contribution in [2.24, 2.45) is 0 Å². The van der Waals surface area contributed by atoms with Gasteiger partial charge in [0.1, 0.15) is 6.67 Å². The fraction of sp³-hybridized carbons (Fsp3) is 0.500. The van der Waals surface area contributed by atoms with Crippen molar-refractivity contribution >= 4 is 0 Å². The number of allylic oxidation sites excluding steroid dienone is 2. The summed E-state index contributed by atoms with van der Waals surface area (Å²) in [4.78, 5) is 0. The number of hydrogen-bond acceptors (Lipinski definition) is 0. The smallest absolute Gasteiger partial charge is 0.115 e. The van der Waals surface area contributed by atoms with Gasteiger partial charge in [-0.2, -0.15) is 0 Å². The van der Waals surface area contributed by atoms with E-state index in [0.717, 1.165) is 0 Å². The highest BCUT2D eigenvalue weighted by atomic mass is 19.1. The third kappa shape index (κ3) is 3.67. The normalized spacial score (nSPS) is 10.0. The van der Waals surface area contributed by atoms with Crippen LogP contribution in [0.2, 0.25) is 0 Å². The molecule has 0 aromatic carbocycles. The molecule has 1 radical (unpaired) electrons. The molecule has 0 amide bonds. The third-order valence-electron chi connectivity index (χ3n) is 0.281. The molecule has 0 atom stereocenters. The number of halogens is 1. The second kappa shape index (κ2) is 3.67. The summed E-state index contributed by atoms with van der Waals surface area (Å²) in [6.07, 6.45) is 3.88. The Balaban J connectivity index is 2.62. The van der Waals surface area contributed by atoms with Gasteiger partial charge in [0.15, 0.2) is 0 Å². The zero-order valence-corrected chi connectivity index (χ0v) is 3.16. The first kappa shape index (κ1) is 4.67. The van der Waals surface area contributed by atoms with E-state index in [9.17, 15) is 4.39 Å². The van der Waals surface area contributed by atoms with E-state index in [-0.39, 0.29) is 0 Å². The van der Waals surface area contributed by atoms with Crippen LogP contribution in [-0.4, -0.2) is 6.67 Å². The van der Waals surface area contributed by atoms with E-state index in [1.54, 1.807) is 13.0 Å². The van der Waals surface area contributed by atoms with Crippen LogP contribution in [0.5, 0.6) is 0 Å². The average molecular weight is 73.1 g/mol. The van der Waals surface area contributed by atoms with Crippen molar-refractivity contribution in [3.63, 3.8) is 0 Å². The van der Waals surface area contributed by atoms with Gasteiger partial charge in [-0.25, -0.2) is 4.39 Å². The van der Waals surface area contributed by atoms with E-state index in [4.69, 9.17) is 0 Å². The Labute approximate surface area is 31.3 Å². The fourth-order valence-corrected chi connectivity index (χ4v) is 0.0772. The SMILES string of the molecule is C/C=[C]/CF. The van der Waals surface area contributed by atoms with E-state index < -0.39 is 6.67 Å². The number of hydrogen-bond donors (Lipinski definition) is 0. The Kier molecular flexibility index (Phi) is 3.43. The Hall–Kier alpha value is -0.330. The van der Waals surface area contributed by atoms with Crippen LogP contribution in [0, 0.1) is 6.08 Å². The van der Waals surface area contributed by atoms with Gasteiger partial charge in [0.05, 0.1) is 0 Å². The van der Waals surface area contributed by atoms with Gasteiger partial charge >= 0.3 is 0 Å². The van der Waals surface area contributed by atoms with Crippen molar-refractivity contribution in [2.75, 3.05) is 6.67 Å². The van der Waals surface area contributed by atoms with Gasteiger partial charge in [0.25, 0.3) is 0 Å². The molecule has 0 heterocycles. The van der Waals surface area contributed by atoms with Gasteiger partial charge in [-0.3, -0.25) is 0 Å². The highest BCUT2D eigenvalue weighted by Crippen LogP contribution is 1.65. The molecule has 0 aliphatic carbocycles. The summed E-state index contributed by atoms with van der Waals surface area (Å²) in [6, 6.07) is 0. The van der Waals surface area contributed by atoms with Crippen LogP contribution >= 0.6 is 0 Å². The monoisotopic (exact) mass is 73.0 g/mol. The third-order valence-corrected chi connectivity index (χ3v) is 0.281. The lowest BCUT2D eigenvalue weighted by molar-refractivity contribution is 0.552. The lowest BCUT2D eigenvalue weighted by atomic mass is 10.6. The zero-order valence-electron chi connectivity index (χ0n) is 3.16. The Morgan fingerprint density at radius 2 is 2.60 bits per heavy atom. The molecule has 0 nitrogen and oxygen atoms in total. The van der Waals surface area contributed by atoms with Gasteiger partial charge in [-0.05, 0) is 13.0 Å². The quantitative estimate of drug-likeness (QED) is 0.439. The second-order valence-electron chi connectivity index (χ2n) is 0.626. The van der Waals surface area contributed by atoms with Crippen LogP contribution in [0.3, 0.4) is 0 Å². The highest BCUT2D eigenvalue weighted by Gasteiger charge is 1.57. The van der Waals surface area contributed by atoms with Crippen LogP contribution in [0.15, 0.2) is 6.08 Å². The average Bonchev–Trinajstić information content (AvgIpc) is 1.41. The molecule has 0 aliphatic heterocycles. The maximum Gasteiger partial charge on any atom is 0.115 e. The van der Waals surface area contributed by atoms with E-state index in [1.807, 2.05) is 0 Å². The van der Waals surface area contributed by atoms with Gasteiger partial charge in [0, 0.05) is 0 Å². The van der Waals surface area contributed by atoms with E-state index in [1.165, 1.54) is 0 Å². The van der Waals surface area contributed by atoms with E-state index in [0.29, 0.717) is 0 Å². The molecule has 0 bridgehead atoms. The first-order chi connectivity index (χ1) is 2.41. The predicted octanol–water partition coefficient (Wildman–Crippen LogP) is 1.34. The summed E-state index contributed by atoms with van der Waals surface area (Å²) in [5.41, 5.74) is 0. The number of alkyl halides is 1. The summed E-state index contributed by atoms with van der Waals surface area (Å²) in [7, 11) is 0. The molecule has 0 N–H and O–H groups in total. The van der Waals surface area contributed by atoms with Gasteiger partial charge in [-0.1, -0.05) is 6.08 Å². The molecule has 0 aromatic heterocycles. The molecule has 0 spiro atoms. The van der Waals surface area contributed by atoms with Gasteiger partial charge in [-0.15, -0.1) is 0 Å². The summed E-state index contributed by atoms with van der Waals surface area (Å²) < 4.78 is 10.9. The van der Waals surface area contributed by atoms with Crippen molar-refractivity contribution in [2.45, 2.75) is 6.92 Å². The first-order valence-corrected chi connectivity index (χ1v) is 1.49. The molecule has 0 aliphatic rings. The second-order valence-corrected chi connectivity index (χ2v) is 0.626. The molecule has 29 valence electrons. The molecule has 0 saturated carbocycles. The summed E-state index contributed by atoms with van der Waals surface area (Å²) in [6.45, 7) is 1.27. The standard InChI is InChI=1S/C4H6F/c1-2-3-4-5/h2H,4H2,1H3. The molecular formula is C4H6F. The maximum atomic E-state index is 10.9. The first-order valence-electron chi connectivity index (χ1n) is 1.49. The topological polar surface area (TPSA) is 0 Å². The Morgan fingerprint density at radius 3 is 2.60 bits per heavy atom. The summed E-state index contributed by atoms with van der Waals surface area (Å²) in [5, 5.41) is 0. The lowest BCUT2D eigenvalue weighted by Crippen LogP contribution is -1.55. The van der Waals surface area contributed by atoms with Gasteiger partial charge < -0.3 is 0 Å². The zero-order chi connectivity index (χ0) is 4.12. The van der Waals surface area contributed by atoms with Crippen molar-refractivity contribution in [1.29, 1.82) is 0 Å². The Bertz CT molecular complexity index is 30.6. The molecule has 0 fully saturated rings. The summed E-state index contributed by atoms with van der Waals surface area (Å²) >= 11 is 0.